The Balaban J connectivity index is 1.67. The zero-order chi connectivity index (χ0) is 21.8. The molecule has 0 amide bonds. The maximum atomic E-state index is 3.56. The summed E-state index contributed by atoms with van der Waals surface area (Å²) in [6.45, 7) is 0. The Kier molecular flexibility index (Phi) is 5.87. The van der Waals surface area contributed by atoms with Gasteiger partial charge in [-0.25, -0.2) is 0 Å². The first-order chi connectivity index (χ1) is 15.8. The van der Waals surface area contributed by atoms with Gasteiger partial charge in [0.2, 0.25) is 0 Å². The van der Waals surface area contributed by atoms with Crippen LogP contribution in [0.5, 0.6) is 0 Å². The van der Waals surface area contributed by atoms with Crippen LogP contribution in [0.4, 0.5) is 11.4 Å². The van der Waals surface area contributed by atoms with E-state index in [-0.39, 0.29) is 0 Å². The minimum absolute atomic E-state index is 1.06. The van der Waals surface area contributed by atoms with Crippen LogP contribution in [0.3, 0.4) is 0 Å². The number of anilines is 2. The molecule has 0 aliphatic carbocycles. The molecule has 0 saturated carbocycles. The summed E-state index contributed by atoms with van der Waals surface area (Å²) in [5.41, 5.74) is 9.41. The first-order valence-corrected chi connectivity index (χ1v) is 11.4. The highest BCUT2D eigenvalue weighted by Crippen LogP contribution is 2.40. The number of benzene rings is 5. The van der Waals surface area contributed by atoms with E-state index in [2.05, 4.69) is 137 Å². The molecule has 0 aliphatic heterocycles. The number of halogens is 1. The van der Waals surface area contributed by atoms with E-state index in [1.54, 1.807) is 0 Å². The van der Waals surface area contributed by atoms with Gasteiger partial charge in [-0.15, -0.1) is 0 Å². The summed E-state index contributed by atoms with van der Waals surface area (Å²) in [4.78, 5) is 0. The van der Waals surface area contributed by atoms with Crippen LogP contribution in [0.1, 0.15) is 0 Å². The Labute approximate surface area is 197 Å². The topological polar surface area (TPSA) is 12.0 Å². The van der Waals surface area contributed by atoms with Crippen LogP contribution >= 0.6 is 15.9 Å². The molecule has 0 saturated heterocycles. The normalized spacial score (nSPS) is 10.7. The number of hydrogen-bond acceptors (Lipinski definition) is 1. The van der Waals surface area contributed by atoms with E-state index in [1.165, 1.54) is 33.4 Å². The van der Waals surface area contributed by atoms with Crippen LogP contribution in [-0.2, 0) is 0 Å². The van der Waals surface area contributed by atoms with Crippen LogP contribution in [0.2, 0.25) is 0 Å². The van der Waals surface area contributed by atoms with Gasteiger partial charge in [-0.1, -0.05) is 107 Å². The van der Waals surface area contributed by atoms with E-state index in [0.29, 0.717) is 0 Å². The fraction of sp³-hybridized carbons (Fsp3) is 0. The molecule has 0 spiro atoms. The molecule has 0 aliphatic rings. The van der Waals surface area contributed by atoms with E-state index >= 15 is 0 Å². The van der Waals surface area contributed by atoms with Gasteiger partial charge in [-0.2, -0.15) is 0 Å². The lowest BCUT2D eigenvalue weighted by Gasteiger charge is -2.17. The molecule has 0 bridgehead atoms. The van der Waals surface area contributed by atoms with Crippen molar-refractivity contribution in [3.8, 4) is 33.4 Å². The van der Waals surface area contributed by atoms with Gasteiger partial charge in [0.15, 0.2) is 0 Å². The molecular formula is C30H22BrN. The van der Waals surface area contributed by atoms with Gasteiger partial charge >= 0.3 is 0 Å². The maximum absolute atomic E-state index is 3.56. The van der Waals surface area contributed by atoms with Crippen molar-refractivity contribution in [2.75, 3.05) is 5.32 Å². The molecule has 0 aromatic heterocycles. The van der Waals surface area contributed by atoms with Crippen molar-refractivity contribution < 1.29 is 0 Å². The molecule has 5 rings (SSSR count). The summed E-state index contributed by atoms with van der Waals surface area (Å²) in [7, 11) is 0. The number of nitrogens with one attached hydrogen (secondary N) is 1. The van der Waals surface area contributed by atoms with Crippen molar-refractivity contribution in [1.29, 1.82) is 0 Å². The van der Waals surface area contributed by atoms with Crippen molar-refractivity contribution in [2.24, 2.45) is 0 Å². The Morgan fingerprint density at radius 2 is 0.906 bits per heavy atom. The highest BCUT2D eigenvalue weighted by atomic mass is 79.9. The second-order valence-electron chi connectivity index (χ2n) is 7.67. The number of hydrogen-bond donors (Lipinski definition) is 1. The molecule has 5 aromatic carbocycles. The Bertz CT molecular complexity index is 1330. The van der Waals surface area contributed by atoms with Crippen molar-refractivity contribution in [3.05, 3.63) is 132 Å². The van der Waals surface area contributed by atoms with Gasteiger partial charge < -0.3 is 5.32 Å². The largest absolute Gasteiger partial charge is 0.356 e. The first kappa shape index (κ1) is 20.3. The minimum Gasteiger partial charge on any atom is -0.356 e. The smallest absolute Gasteiger partial charge is 0.0390 e. The zero-order valence-corrected chi connectivity index (χ0v) is 19.1. The molecule has 0 unspecified atom stereocenters. The van der Waals surface area contributed by atoms with E-state index in [1.807, 2.05) is 12.1 Å². The standard InChI is InChI=1S/C30H22BrN/c31-24-15-17-25(18-16-24)32-26-19-20-28(23-11-5-2-6-12-23)30(21-26)29-14-8-7-13-27(29)22-9-3-1-4-10-22/h1-21,32H. The summed E-state index contributed by atoms with van der Waals surface area (Å²) < 4.78 is 1.07. The Hall–Kier alpha value is -3.62. The minimum atomic E-state index is 1.06. The van der Waals surface area contributed by atoms with Crippen LogP contribution in [0, 0.1) is 0 Å². The van der Waals surface area contributed by atoms with Gasteiger partial charge in [0.1, 0.15) is 0 Å². The predicted octanol–water partition coefficient (Wildman–Crippen LogP) is 9.19. The van der Waals surface area contributed by atoms with E-state index in [0.717, 1.165) is 15.8 Å². The summed E-state index contributed by atoms with van der Waals surface area (Å²) >= 11 is 3.51. The second kappa shape index (κ2) is 9.25. The Morgan fingerprint density at radius 3 is 1.53 bits per heavy atom. The van der Waals surface area contributed by atoms with Crippen molar-refractivity contribution in [2.45, 2.75) is 0 Å². The molecular weight excluding hydrogens is 454 g/mol. The van der Waals surface area contributed by atoms with Crippen LogP contribution in [0.25, 0.3) is 33.4 Å². The molecule has 32 heavy (non-hydrogen) atoms. The lowest BCUT2D eigenvalue weighted by Crippen LogP contribution is -1.94. The average molecular weight is 476 g/mol. The SMILES string of the molecule is Brc1ccc(Nc2ccc(-c3ccccc3)c(-c3ccccc3-c3ccccc3)c2)cc1. The molecule has 0 radical (unpaired) electrons. The molecule has 0 fully saturated rings. The van der Waals surface area contributed by atoms with Crippen molar-refractivity contribution in [3.63, 3.8) is 0 Å². The van der Waals surface area contributed by atoms with E-state index in [9.17, 15) is 0 Å². The van der Waals surface area contributed by atoms with Crippen LogP contribution in [0.15, 0.2) is 132 Å². The molecule has 154 valence electrons. The second-order valence-corrected chi connectivity index (χ2v) is 8.59. The average Bonchev–Trinajstić information content (AvgIpc) is 2.86. The summed E-state index contributed by atoms with van der Waals surface area (Å²) in [5, 5.41) is 3.56. The third kappa shape index (κ3) is 4.37. The maximum Gasteiger partial charge on any atom is 0.0390 e. The van der Waals surface area contributed by atoms with Gasteiger partial charge in [-0.05, 0) is 69.8 Å². The van der Waals surface area contributed by atoms with E-state index in [4.69, 9.17) is 0 Å². The highest BCUT2D eigenvalue weighted by molar-refractivity contribution is 9.10. The molecule has 0 heterocycles. The highest BCUT2D eigenvalue weighted by Gasteiger charge is 2.13. The number of rotatable bonds is 5. The monoisotopic (exact) mass is 475 g/mol. The molecule has 1 nitrogen and oxygen atoms in total. The quantitative estimate of drug-likeness (QED) is 0.267. The van der Waals surface area contributed by atoms with Gasteiger partial charge in [-0.3, -0.25) is 0 Å². The summed E-state index contributed by atoms with van der Waals surface area (Å²) in [6.07, 6.45) is 0. The van der Waals surface area contributed by atoms with Crippen LogP contribution < -0.4 is 5.32 Å². The Morgan fingerprint density at radius 1 is 0.406 bits per heavy atom. The van der Waals surface area contributed by atoms with Crippen LogP contribution in [-0.4, -0.2) is 0 Å². The first-order valence-electron chi connectivity index (χ1n) is 10.6. The lowest BCUT2D eigenvalue weighted by atomic mass is 9.89. The zero-order valence-electron chi connectivity index (χ0n) is 17.5. The fourth-order valence-corrected chi connectivity index (χ4v) is 4.27. The summed E-state index contributed by atoms with van der Waals surface area (Å²) in [5.74, 6) is 0. The third-order valence-corrected chi connectivity index (χ3v) is 6.07. The molecule has 0 atom stereocenters. The fourth-order valence-electron chi connectivity index (χ4n) is 4.00. The van der Waals surface area contributed by atoms with Crippen molar-refractivity contribution >= 4 is 27.3 Å². The van der Waals surface area contributed by atoms with Gasteiger partial charge in [0.05, 0.1) is 0 Å². The lowest BCUT2D eigenvalue weighted by molar-refractivity contribution is 1.51. The predicted molar refractivity (Wildman–Crippen MR) is 140 cm³/mol. The van der Waals surface area contributed by atoms with E-state index < -0.39 is 0 Å². The molecule has 5 aromatic rings. The molecule has 1 N–H and O–H groups in total. The third-order valence-electron chi connectivity index (χ3n) is 5.54. The van der Waals surface area contributed by atoms with Crippen molar-refractivity contribution in [1.82, 2.24) is 0 Å². The van der Waals surface area contributed by atoms with Gasteiger partial charge in [0, 0.05) is 15.8 Å². The molecule has 2 heteroatoms. The summed E-state index contributed by atoms with van der Waals surface area (Å²) in [6, 6.07) is 44.7. The van der Waals surface area contributed by atoms with Gasteiger partial charge in [0.25, 0.3) is 0 Å².